The summed E-state index contributed by atoms with van der Waals surface area (Å²) < 4.78 is 0. The highest BCUT2D eigenvalue weighted by Crippen LogP contribution is 2.35. The van der Waals surface area contributed by atoms with Gasteiger partial charge in [0.05, 0.1) is 12.5 Å². The van der Waals surface area contributed by atoms with Gasteiger partial charge in [0, 0.05) is 18.0 Å². The molecule has 2 N–H and O–H groups in total. The number of rotatable bonds is 10. The van der Waals surface area contributed by atoms with Gasteiger partial charge in [-0.15, -0.1) is 0 Å². The second kappa shape index (κ2) is 10.6. The summed E-state index contributed by atoms with van der Waals surface area (Å²) in [7, 11) is 0. The molecule has 2 atom stereocenters. The van der Waals surface area contributed by atoms with E-state index < -0.39 is 11.9 Å². The highest BCUT2D eigenvalue weighted by atomic mass is 16.4. The largest absolute Gasteiger partial charge is 0.481 e. The Kier molecular flexibility index (Phi) is 8.42. The summed E-state index contributed by atoms with van der Waals surface area (Å²) in [5, 5.41) is 19.3. The topological polar surface area (TPSA) is 60.8 Å². The van der Waals surface area contributed by atoms with E-state index in [4.69, 9.17) is 0 Å². The van der Waals surface area contributed by atoms with Gasteiger partial charge in [-0.2, -0.15) is 0 Å². The van der Waals surface area contributed by atoms with Crippen molar-refractivity contribution < 1.29 is 15.0 Å². The molecule has 2 rings (SSSR count). The van der Waals surface area contributed by atoms with E-state index in [-0.39, 0.29) is 12.5 Å². The van der Waals surface area contributed by atoms with Crippen LogP contribution in [0.5, 0.6) is 0 Å². The molecule has 0 saturated carbocycles. The van der Waals surface area contributed by atoms with E-state index in [2.05, 4.69) is 44.7 Å². The van der Waals surface area contributed by atoms with Crippen LogP contribution in [0.15, 0.2) is 48.5 Å². The number of hydrogen-bond acceptors (Lipinski definition) is 3. The van der Waals surface area contributed by atoms with E-state index in [0.717, 1.165) is 29.7 Å². The molecule has 2 aromatic rings. The average Bonchev–Trinajstić information content (AvgIpc) is 2.70. The molecule has 0 bridgehead atoms. The van der Waals surface area contributed by atoms with Crippen molar-refractivity contribution in [3.8, 4) is 0 Å². The minimum atomic E-state index is -0.833. The molecule has 158 valence electrons. The maximum absolute atomic E-state index is 11.8. The molecule has 0 aliphatic carbocycles. The Bertz CT molecular complexity index is 778. The standard InChI is InChI=1S/C25H35NO3/c1-17(2)26(18(3)4)14-13-23(21-9-7-6-8-10-21)24-15-20(16-27)11-12-22(24)19(5)25(28)29/h6-12,15,17-19,23,27H,13-14,16H2,1-5H3,(H,28,29). The van der Waals surface area contributed by atoms with E-state index in [0.29, 0.717) is 12.1 Å². The highest BCUT2D eigenvalue weighted by Gasteiger charge is 2.25. The van der Waals surface area contributed by atoms with Crippen molar-refractivity contribution in [1.82, 2.24) is 4.90 Å². The summed E-state index contributed by atoms with van der Waals surface area (Å²) in [6, 6.07) is 16.8. The molecule has 0 fully saturated rings. The Morgan fingerprint density at radius 2 is 1.55 bits per heavy atom. The van der Waals surface area contributed by atoms with Crippen molar-refractivity contribution >= 4 is 5.97 Å². The summed E-state index contributed by atoms with van der Waals surface area (Å²) in [6.45, 7) is 11.4. The molecule has 0 aliphatic rings. The maximum Gasteiger partial charge on any atom is 0.310 e. The Balaban J connectivity index is 2.52. The van der Waals surface area contributed by atoms with Crippen LogP contribution in [0.4, 0.5) is 0 Å². The lowest BCUT2D eigenvalue weighted by Crippen LogP contribution is -2.38. The van der Waals surface area contributed by atoms with Crippen LogP contribution in [0.3, 0.4) is 0 Å². The lowest BCUT2D eigenvalue weighted by Gasteiger charge is -2.33. The van der Waals surface area contributed by atoms with Gasteiger partial charge in [-0.05, 0) is 69.8 Å². The van der Waals surface area contributed by atoms with Crippen LogP contribution in [0, 0.1) is 0 Å². The first-order valence-electron chi connectivity index (χ1n) is 10.5. The van der Waals surface area contributed by atoms with Gasteiger partial charge in [-0.3, -0.25) is 9.69 Å². The van der Waals surface area contributed by atoms with Crippen LogP contribution >= 0.6 is 0 Å². The molecule has 0 saturated heterocycles. The van der Waals surface area contributed by atoms with Gasteiger partial charge in [0.25, 0.3) is 0 Å². The van der Waals surface area contributed by atoms with Crippen LogP contribution in [-0.4, -0.2) is 39.7 Å². The van der Waals surface area contributed by atoms with E-state index in [1.807, 2.05) is 36.4 Å². The second-order valence-electron chi connectivity index (χ2n) is 8.36. The number of aliphatic carboxylic acids is 1. The first-order valence-corrected chi connectivity index (χ1v) is 10.5. The van der Waals surface area contributed by atoms with Crippen molar-refractivity contribution in [2.75, 3.05) is 6.54 Å². The quantitative estimate of drug-likeness (QED) is 0.592. The molecule has 0 heterocycles. The third-order valence-electron chi connectivity index (χ3n) is 5.75. The Hall–Kier alpha value is -2.17. The molecule has 4 nitrogen and oxygen atoms in total. The van der Waals surface area contributed by atoms with Crippen molar-refractivity contribution in [2.24, 2.45) is 0 Å². The van der Waals surface area contributed by atoms with Gasteiger partial charge in [-0.25, -0.2) is 0 Å². The van der Waals surface area contributed by atoms with Crippen LogP contribution in [0.2, 0.25) is 0 Å². The molecule has 2 unspecified atom stereocenters. The van der Waals surface area contributed by atoms with Crippen LogP contribution in [0.25, 0.3) is 0 Å². The highest BCUT2D eigenvalue weighted by molar-refractivity contribution is 5.76. The minimum Gasteiger partial charge on any atom is -0.481 e. The van der Waals surface area contributed by atoms with E-state index in [1.54, 1.807) is 6.92 Å². The molecule has 2 aromatic carbocycles. The normalized spacial score (nSPS) is 13.8. The molecular weight excluding hydrogens is 362 g/mol. The van der Waals surface area contributed by atoms with Crippen molar-refractivity contribution in [3.63, 3.8) is 0 Å². The Labute approximate surface area is 175 Å². The van der Waals surface area contributed by atoms with Gasteiger partial charge >= 0.3 is 5.97 Å². The van der Waals surface area contributed by atoms with Gasteiger partial charge in [0.1, 0.15) is 0 Å². The number of carboxylic acid groups (broad SMARTS) is 1. The first kappa shape index (κ1) is 23.1. The first-order chi connectivity index (χ1) is 13.8. The fraction of sp³-hybridized carbons (Fsp3) is 0.480. The molecule has 0 aliphatic heterocycles. The van der Waals surface area contributed by atoms with Crippen molar-refractivity contribution in [1.29, 1.82) is 0 Å². The second-order valence-corrected chi connectivity index (χ2v) is 8.36. The summed E-state index contributed by atoms with van der Waals surface area (Å²) in [5.74, 6) is -1.37. The zero-order valence-electron chi connectivity index (χ0n) is 18.3. The lowest BCUT2D eigenvalue weighted by molar-refractivity contribution is -0.138. The van der Waals surface area contributed by atoms with E-state index in [1.165, 1.54) is 5.56 Å². The number of carboxylic acids is 1. The van der Waals surface area contributed by atoms with Crippen LogP contribution in [0.1, 0.15) is 75.1 Å². The van der Waals surface area contributed by atoms with E-state index >= 15 is 0 Å². The smallest absolute Gasteiger partial charge is 0.310 e. The Morgan fingerprint density at radius 3 is 2.07 bits per heavy atom. The molecule has 0 amide bonds. The van der Waals surface area contributed by atoms with Crippen molar-refractivity contribution in [2.45, 2.75) is 71.6 Å². The summed E-state index contributed by atoms with van der Waals surface area (Å²) in [4.78, 5) is 14.2. The number of nitrogens with zero attached hydrogens (tertiary/aromatic N) is 1. The summed E-state index contributed by atoms with van der Waals surface area (Å²) in [6.07, 6.45) is 0.884. The van der Waals surface area contributed by atoms with Crippen LogP contribution in [-0.2, 0) is 11.4 Å². The zero-order valence-corrected chi connectivity index (χ0v) is 18.3. The number of aliphatic hydroxyl groups is 1. The Morgan fingerprint density at radius 1 is 0.931 bits per heavy atom. The third kappa shape index (κ3) is 5.91. The fourth-order valence-corrected chi connectivity index (χ4v) is 4.13. The number of benzene rings is 2. The molecule has 4 heteroatoms. The average molecular weight is 398 g/mol. The minimum absolute atomic E-state index is 0.0552. The van der Waals surface area contributed by atoms with Crippen LogP contribution < -0.4 is 0 Å². The van der Waals surface area contributed by atoms with E-state index in [9.17, 15) is 15.0 Å². The number of carbonyl (C=O) groups is 1. The van der Waals surface area contributed by atoms with Gasteiger partial charge < -0.3 is 10.2 Å². The third-order valence-corrected chi connectivity index (χ3v) is 5.75. The van der Waals surface area contributed by atoms with Gasteiger partial charge in [-0.1, -0.05) is 48.5 Å². The number of aliphatic hydroxyl groups excluding tert-OH is 1. The van der Waals surface area contributed by atoms with Gasteiger partial charge in [0.2, 0.25) is 0 Å². The zero-order chi connectivity index (χ0) is 21.6. The SMILES string of the molecule is CC(C(=O)O)c1ccc(CO)cc1C(CCN(C(C)C)C(C)C)c1ccccc1. The fourth-order valence-electron chi connectivity index (χ4n) is 4.13. The predicted octanol–water partition coefficient (Wildman–Crippen LogP) is 5.01. The number of hydrogen-bond donors (Lipinski definition) is 2. The van der Waals surface area contributed by atoms with Gasteiger partial charge in [0.15, 0.2) is 0 Å². The maximum atomic E-state index is 11.8. The van der Waals surface area contributed by atoms with Crippen molar-refractivity contribution in [3.05, 3.63) is 70.8 Å². The molecule has 29 heavy (non-hydrogen) atoms. The summed E-state index contributed by atoms with van der Waals surface area (Å²) in [5.41, 5.74) is 3.81. The molecule has 0 spiro atoms. The summed E-state index contributed by atoms with van der Waals surface area (Å²) >= 11 is 0. The lowest BCUT2D eigenvalue weighted by atomic mass is 9.81. The molecule has 0 aromatic heterocycles. The molecule has 0 radical (unpaired) electrons. The molecular formula is C25H35NO3. The predicted molar refractivity (Wildman–Crippen MR) is 118 cm³/mol. The monoisotopic (exact) mass is 397 g/mol.